The van der Waals surface area contributed by atoms with E-state index in [1.54, 1.807) is 11.3 Å². The largest absolute Gasteiger partial charge is 0.340 e. The van der Waals surface area contributed by atoms with Crippen LogP contribution in [0.25, 0.3) is 10.2 Å². The van der Waals surface area contributed by atoms with E-state index in [1.165, 1.54) is 25.0 Å². The maximum Gasteiger partial charge on any atom is 0.227 e. The first-order chi connectivity index (χ1) is 11.8. The zero-order chi connectivity index (χ0) is 15.7. The lowest BCUT2D eigenvalue weighted by atomic mass is 10.3. The van der Waals surface area contributed by atoms with Crippen molar-refractivity contribution in [3.05, 3.63) is 23.2 Å². The summed E-state index contributed by atoms with van der Waals surface area (Å²) in [6.45, 7) is 2.21. The van der Waals surface area contributed by atoms with Crippen molar-refractivity contribution in [3.8, 4) is 0 Å². The van der Waals surface area contributed by atoms with Crippen molar-refractivity contribution in [2.24, 2.45) is 11.8 Å². The fourth-order valence-electron chi connectivity index (χ4n) is 3.76. The van der Waals surface area contributed by atoms with Crippen LogP contribution in [0.15, 0.2) is 17.5 Å². The van der Waals surface area contributed by atoms with Gasteiger partial charge in [0.15, 0.2) is 11.6 Å². The number of nitrogens with one attached hydrogen (secondary N) is 2. The van der Waals surface area contributed by atoms with Crippen LogP contribution in [0.1, 0.15) is 30.9 Å². The fourth-order valence-corrected chi connectivity index (χ4v) is 4.54. The number of anilines is 3. The van der Waals surface area contributed by atoms with Gasteiger partial charge in [0.05, 0.1) is 10.2 Å². The van der Waals surface area contributed by atoms with Gasteiger partial charge in [-0.05, 0) is 42.5 Å². The number of piperidine rings is 1. The van der Waals surface area contributed by atoms with Gasteiger partial charge < -0.3 is 10.2 Å². The fraction of sp³-hybridized carbons (Fsp3) is 0.471. The van der Waals surface area contributed by atoms with Gasteiger partial charge in [-0.25, -0.2) is 4.98 Å². The molecular formula is C17H18N6S. The average molecular weight is 338 g/mol. The Bertz CT molecular complexity index is 916. The summed E-state index contributed by atoms with van der Waals surface area (Å²) in [4.78, 5) is 11.9. The molecule has 0 radical (unpaired) electrons. The van der Waals surface area contributed by atoms with Crippen LogP contribution >= 0.6 is 11.3 Å². The van der Waals surface area contributed by atoms with E-state index in [1.807, 2.05) is 0 Å². The first-order valence-electron chi connectivity index (χ1n) is 8.66. The molecule has 0 bridgehead atoms. The minimum atomic E-state index is 0.673. The van der Waals surface area contributed by atoms with Gasteiger partial charge in [-0.15, -0.1) is 11.3 Å². The number of fused-ring (bicyclic) bond motifs is 2. The van der Waals surface area contributed by atoms with Crippen molar-refractivity contribution < 1.29 is 0 Å². The molecule has 4 heterocycles. The average Bonchev–Trinajstić information content (AvgIpc) is 3.40. The number of nitrogens with zero attached hydrogens (tertiary/aromatic N) is 4. The number of hydrogen-bond acceptors (Lipinski definition) is 6. The van der Waals surface area contributed by atoms with Crippen LogP contribution in [-0.2, 0) is 0 Å². The quantitative estimate of drug-likeness (QED) is 0.762. The van der Waals surface area contributed by atoms with Crippen LogP contribution in [0.2, 0.25) is 0 Å². The van der Waals surface area contributed by atoms with Crippen LogP contribution < -0.4 is 10.2 Å². The number of aromatic nitrogens is 4. The Morgan fingerprint density at radius 1 is 1.21 bits per heavy atom. The van der Waals surface area contributed by atoms with Crippen LogP contribution in [0.5, 0.6) is 0 Å². The summed E-state index contributed by atoms with van der Waals surface area (Å²) >= 11 is 1.68. The molecule has 2 atom stereocenters. The van der Waals surface area contributed by atoms with Crippen molar-refractivity contribution >= 4 is 39.1 Å². The molecule has 2 aliphatic carbocycles. The van der Waals surface area contributed by atoms with Crippen molar-refractivity contribution in [2.45, 2.75) is 25.2 Å². The highest BCUT2D eigenvalue weighted by Crippen LogP contribution is 2.46. The van der Waals surface area contributed by atoms with E-state index in [2.05, 4.69) is 37.9 Å². The molecule has 122 valence electrons. The molecule has 1 saturated heterocycles. The second kappa shape index (κ2) is 4.69. The van der Waals surface area contributed by atoms with Crippen LogP contribution in [0.4, 0.5) is 17.6 Å². The van der Waals surface area contributed by atoms with Crippen LogP contribution in [0, 0.1) is 11.8 Å². The van der Waals surface area contributed by atoms with Gasteiger partial charge in [-0.3, -0.25) is 5.10 Å². The topological polar surface area (TPSA) is 69.7 Å². The molecule has 3 aliphatic rings. The molecule has 7 heteroatoms. The highest BCUT2D eigenvalue weighted by Gasteiger charge is 2.46. The third kappa shape index (κ3) is 2.11. The number of aromatic amines is 1. The van der Waals surface area contributed by atoms with E-state index in [4.69, 9.17) is 9.97 Å². The number of thiophene rings is 1. The standard InChI is InChI=1S/C17H18N6S/c1-2-9(1)13-6-14(22-21-13)19-16-15-12(3-4-24-15)18-17(20-16)23-7-10-5-11(10)8-23/h3-4,6,9-11H,1-2,5,7-8H2,(H2,18,19,20,21,22). The third-order valence-corrected chi connectivity index (χ3v) is 6.33. The Hall–Kier alpha value is -2.15. The molecule has 24 heavy (non-hydrogen) atoms. The predicted molar refractivity (Wildman–Crippen MR) is 95.1 cm³/mol. The van der Waals surface area contributed by atoms with Gasteiger partial charge in [0.2, 0.25) is 5.95 Å². The van der Waals surface area contributed by atoms with Crippen molar-refractivity contribution in [3.63, 3.8) is 0 Å². The van der Waals surface area contributed by atoms with E-state index in [9.17, 15) is 0 Å². The van der Waals surface area contributed by atoms with Gasteiger partial charge in [-0.1, -0.05) is 0 Å². The Morgan fingerprint density at radius 3 is 2.92 bits per heavy atom. The van der Waals surface area contributed by atoms with Crippen molar-refractivity contribution in [1.29, 1.82) is 0 Å². The summed E-state index contributed by atoms with van der Waals surface area (Å²) in [5.41, 5.74) is 2.25. The Balaban J connectivity index is 1.36. The normalized spacial score (nSPS) is 25.2. The smallest absolute Gasteiger partial charge is 0.227 e. The minimum Gasteiger partial charge on any atom is -0.340 e. The summed E-state index contributed by atoms with van der Waals surface area (Å²) in [5.74, 6) is 4.99. The Kier molecular flexibility index (Phi) is 2.58. The lowest BCUT2D eigenvalue weighted by Crippen LogP contribution is -2.24. The molecule has 0 amide bonds. The van der Waals surface area contributed by atoms with E-state index < -0.39 is 0 Å². The summed E-state index contributed by atoms with van der Waals surface area (Å²) in [5, 5.41) is 13.0. The first kappa shape index (κ1) is 13.2. The lowest BCUT2D eigenvalue weighted by Gasteiger charge is -2.18. The Labute approximate surface area is 143 Å². The molecule has 6 nitrogen and oxygen atoms in total. The SMILES string of the molecule is c1cc2nc(N3CC4CC4C3)nc(Nc3cc(C4CC4)[nH]n3)c2s1. The highest BCUT2D eigenvalue weighted by molar-refractivity contribution is 7.17. The maximum absolute atomic E-state index is 4.84. The summed E-state index contributed by atoms with van der Waals surface area (Å²) in [6, 6.07) is 4.19. The molecule has 0 spiro atoms. The molecule has 3 fully saturated rings. The minimum absolute atomic E-state index is 0.673. The molecule has 2 N–H and O–H groups in total. The number of H-pyrrole nitrogens is 1. The molecule has 0 aromatic carbocycles. The van der Waals surface area contributed by atoms with Crippen LogP contribution in [-0.4, -0.2) is 33.3 Å². The number of hydrogen-bond donors (Lipinski definition) is 2. The molecule has 1 aliphatic heterocycles. The second-order valence-electron chi connectivity index (χ2n) is 7.28. The summed E-state index contributed by atoms with van der Waals surface area (Å²) in [7, 11) is 0. The highest BCUT2D eigenvalue weighted by atomic mass is 32.1. The monoisotopic (exact) mass is 338 g/mol. The zero-order valence-electron chi connectivity index (χ0n) is 13.2. The van der Waals surface area contributed by atoms with E-state index in [0.717, 1.165) is 52.7 Å². The van der Waals surface area contributed by atoms with E-state index in [-0.39, 0.29) is 0 Å². The molecular weight excluding hydrogens is 320 g/mol. The molecule has 3 aromatic heterocycles. The third-order valence-electron chi connectivity index (χ3n) is 5.41. The predicted octanol–water partition coefficient (Wildman–Crippen LogP) is 3.49. The zero-order valence-corrected chi connectivity index (χ0v) is 14.0. The second-order valence-corrected chi connectivity index (χ2v) is 8.19. The van der Waals surface area contributed by atoms with Gasteiger partial charge in [0.1, 0.15) is 0 Å². The van der Waals surface area contributed by atoms with Gasteiger partial charge in [0, 0.05) is 30.8 Å². The Morgan fingerprint density at radius 2 is 2.08 bits per heavy atom. The molecule has 3 aromatic rings. The molecule has 2 unspecified atom stereocenters. The molecule has 6 rings (SSSR count). The van der Waals surface area contributed by atoms with E-state index in [0.29, 0.717) is 5.92 Å². The van der Waals surface area contributed by atoms with Crippen molar-refractivity contribution in [2.75, 3.05) is 23.3 Å². The molecule has 2 saturated carbocycles. The summed E-state index contributed by atoms with van der Waals surface area (Å²) < 4.78 is 1.10. The lowest BCUT2D eigenvalue weighted by molar-refractivity contribution is 0.791. The van der Waals surface area contributed by atoms with Gasteiger partial charge in [-0.2, -0.15) is 10.1 Å². The number of rotatable bonds is 4. The van der Waals surface area contributed by atoms with Crippen molar-refractivity contribution in [1.82, 2.24) is 20.2 Å². The van der Waals surface area contributed by atoms with Crippen LogP contribution in [0.3, 0.4) is 0 Å². The van der Waals surface area contributed by atoms with E-state index >= 15 is 0 Å². The summed E-state index contributed by atoms with van der Waals surface area (Å²) in [6.07, 6.45) is 3.93. The maximum atomic E-state index is 4.84. The van der Waals surface area contributed by atoms with Gasteiger partial charge in [0.25, 0.3) is 0 Å². The first-order valence-corrected chi connectivity index (χ1v) is 9.54. The van der Waals surface area contributed by atoms with Gasteiger partial charge >= 0.3 is 0 Å².